The fraction of sp³-hybridized carbons (Fsp3) is 0.600. The molecule has 18 heavy (non-hydrogen) atoms. The van der Waals surface area contributed by atoms with Crippen LogP contribution in [0, 0.1) is 11.8 Å². The van der Waals surface area contributed by atoms with E-state index in [9.17, 15) is 0 Å². The van der Waals surface area contributed by atoms with Gasteiger partial charge in [0.1, 0.15) is 0 Å². The van der Waals surface area contributed by atoms with Gasteiger partial charge in [-0.2, -0.15) is 0 Å². The van der Waals surface area contributed by atoms with E-state index in [2.05, 4.69) is 77.8 Å². The highest BCUT2D eigenvalue weighted by molar-refractivity contribution is 9.10. The van der Waals surface area contributed by atoms with E-state index >= 15 is 0 Å². The lowest BCUT2D eigenvalue weighted by Crippen LogP contribution is -2.46. The van der Waals surface area contributed by atoms with E-state index in [-0.39, 0.29) is 5.54 Å². The maximum absolute atomic E-state index is 6.69. The van der Waals surface area contributed by atoms with Gasteiger partial charge in [-0.15, -0.1) is 0 Å². The van der Waals surface area contributed by atoms with E-state index in [1.54, 1.807) is 0 Å². The van der Waals surface area contributed by atoms with Gasteiger partial charge in [-0.05, 0) is 35.4 Å². The highest BCUT2D eigenvalue weighted by Crippen LogP contribution is 2.36. The number of hydrogen-bond acceptors (Lipinski definition) is 1. The summed E-state index contributed by atoms with van der Waals surface area (Å²) in [5.74, 6) is 0.825. The lowest BCUT2D eigenvalue weighted by Gasteiger charge is -2.38. The molecule has 0 bridgehead atoms. The molecule has 0 aromatic heterocycles. The van der Waals surface area contributed by atoms with E-state index in [1.807, 2.05) is 0 Å². The predicted octanol–water partition coefficient (Wildman–Crippen LogP) is 4.85. The molecular weight excluding hydrogens is 354 g/mol. The Morgan fingerprint density at radius 3 is 2.17 bits per heavy atom. The van der Waals surface area contributed by atoms with Crippen molar-refractivity contribution in [1.29, 1.82) is 0 Å². The number of hydrogen-bond donors (Lipinski definition) is 1. The third-order valence-corrected chi connectivity index (χ3v) is 4.99. The van der Waals surface area contributed by atoms with Crippen molar-refractivity contribution in [2.75, 3.05) is 5.33 Å². The van der Waals surface area contributed by atoms with Crippen molar-refractivity contribution in [2.24, 2.45) is 17.6 Å². The van der Waals surface area contributed by atoms with Crippen LogP contribution < -0.4 is 5.73 Å². The molecule has 0 fully saturated rings. The fourth-order valence-electron chi connectivity index (χ4n) is 2.47. The summed E-state index contributed by atoms with van der Waals surface area (Å²) in [6.07, 6.45) is 1.01. The Bertz CT molecular complexity index is 391. The monoisotopic (exact) mass is 375 g/mol. The van der Waals surface area contributed by atoms with E-state index in [0.717, 1.165) is 11.8 Å². The average molecular weight is 377 g/mol. The molecule has 1 nitrogen and oxygen atoms in total. The molecule has 3 heteroatoms. The number of alkyl halides is 1. The predicted molar refractivity (Wildman–Crippen MR) is 87.2 cm³/mol. The lowest BCUT2D eigenvalue weighted by atomic mass is 9.72. The first-order valence-electron chi connectivity index (χ1n) is 6.47. The van der Waals surface area contributed by atoms with Crippen LogP contribution in [-0.2, 0) is 12.0 Å². The standard InChI is InChI=1S/C15H23Br2N/c1-10(2)15(18,11(3)4)13-5-6-14(17)12(9-13)7-8-16/h5-6,9-11H,7-8,18H2,1-4H3. The van der Waals surface area contributed by atoms with Gasteiger partial charge in [0.2, 0.25) is 0 Å². The normalized spacial score (nSPS) is 12.5. The highest BCUT2D eigenvalue weighted by Gasteiger charge is 2.34. The third-order valence-electron chi connectivity index (χ3n) is 3.82. The van der Waals surface area contributed by atoms with E-state index in [1.165, 1.54) is 15.6 Å². The summed E-state index contributed by atoms with van der Waals surface area (Å²) in [5, 5.41) is 0.968. The molecule has 1 aromatic rings. The summed E-state index contributed by atoms with van der Waals surface area (Å²) in [4.78, 5) is 0. The zero-order chi connectivity index (χ0) is 13.9. The van der Waals surface area contributed by atoms with Crippen LogP contribution in [0.4, 0.5) is 0 Å². The lowest BCUT2D eigenvalue weighted by molar-refractivity contribution is 0.227. The number of halogens is 2. The maximum Gasteiger partial charge on any atom is 0.0456 e. The molecule has 2 N–H and O–H groups in total. The van der Waals surface area contributed by atoms with Gasteiger partial charge in [0.05, 0.1) is 0 Å². The van der Waals surface area contributed by atoms with Gasteiger partial charge in [-0.3, -0.25) is 0 Å². The second-order valence-corrected chi connectivity index (χ2v) is 7.13. The molecule has 0 heterocycles. The molecule has 0 atom stereocenters. The van der Waals surface area contributed by atoms with Crippen LogP contribution in [0.25, 0.3) is 0 Å². The van der Waals surface area contributed by atoms with Crippen LogP contribution >= 0.6 is 31.9 Å². The first kappa shape index (κ1) is 16.2. The van der Waals surface area contributed by atoms with Gasteiger partial charge in [0.25, 0.3) is 0 Å². The van der Waals surface area contributed by atoms with Gasteiger partial charge in [-0.25, -0.2) is 0 Å². The topological polar surface area (TPSA) is 26.0 Å². The molecule has 0 amide bonds. The average Bonchev–Trinajstić information content (AvgIpc) is 2.30. The van der Waals surface area contributed by atoms with Crippen molar-refractivity contribution < 1.29 is 0 Å². The Labute approximate surface area is 128 Å². The van der Waals surface area contributed by atoms with Crippen LogP contribution in [0.1, 0.15) is 38.8 Å². The molecule has 0 aliphatic carbocycles. The minimum atomic E-state index is -0.262. The van der Waals surface area contributed by atoms with Gasteiger partial charge < -0.3 is 5.73 Å². The van der Waals surface area contributed by atoms with Crippen molar-refractivity contribution in [3.05, 3.63) is 33.8 Å². The van der Waals surface area contributed by atoms with Gasteiger partial charge in [-0.1, -0.05) is 71.7 Å². The van der Waals surface area contributed by atoms with Gasteiger partial charge >= 0.3 is 0 Å². The molecular formula is C15H23Br2N. The number of nitrogens with two attached hydrogens (primary N) is 1. The summed E-state index contributed by atoms with van der Waals surface area (Å²) in [5.41, 5.74) is 8.99. The van der Waals surface area contributed by atoms with Crippen LogP contribution in [-0.4, -0.2) is 5.33 Å². The summed E-state index contributed by atoms with van der Waals surface area (Å²) in [6, 6.07) is 6.53. The Morgan fingerprint density at radius 1 is 1.17 bits per heavy atom. The summed E-state index contributed by atoms with van der Waals surface area (Å²) < 4.78 is 1.17. The molecule has 0 radical (unpaired) electrons. The summed E-state index contributed by atoms with van der Waals surface area (Å²) in [7, 11) is 0. The van der Waals surface area contributed by atoms with Crippen molar-refractivity contribution in [3.63, 3.8) is 0 Å². The van der Waals surface area contributed by atoms with Crippen molar-refractivity contribution in [1.82, 2.24) is 0 Å². The van der Waals surface area contributed by atoms with E-state index < -0.39 is 0 Å². The first-order valence-corrected chi connectivity index (χ1v) is 8.39. The second kappa shape index (κ2) is 6.53. The van der Waals surface area contributed by atoms with E-state index in [4.69, 9.17) is 5.73 Å². The van der Waals surface area contributed by atoms with Crippen LogP contribution in [0.15, 0.2) is 22.7 Å². The molecule has 0 aliphatic heterocycles. The van der Waals surface area contributed by atoms with Crippen LogP contribution in [0.5, 0.6) is 0 Å². The molecule has 0 aliphatic rings. The fourth-order valence-corrected chi connectivity index (χ4v) is 3.34. The first-order chi connectivity index (χ1) is 8.33. The molecule has 0 saturated carbocycles. The molecule has 0 unspecified atom stereocenters. The quantitative estimate of drug-likeness (QED) is 0.730. The molecule has 0 saturated heterocycles. The minimum Gasteiger partial charge on any atom is -0.321 e. The zero-order valence-corrected chi connectivity index (χ0v) is 14.8. The number of rotatable bonds is 5. The second-order valence-electron chi connectivity index (χ2n) is 5.49. The van der Waals surface area contributed by atoms with Crippen molar-refractivity contribution in [2.45, 2.75) is 39.7 Å². The highest BCUT2D eigenvalue weighted by atomic mass is 79.9. The SMILES string of the molecule is CC(C)C(N)(c1ccc(Br)c(CCBr)c1)C(C)C. The Morgan fingerprint density at radius 2 is 1.72 bits per heavy atom. The summed E-state index contributed by atoms with van der Waals surface area (Å²) in [6.45, 7) is 8.80. The molecule has 102 valence electrons. The van der Waals surface area contributed by atoms with Crippen LogP contribution in [0.2, 0.25) is 0 Å². The van der Waals surface area contributed by atoms with E-state index in [0.29, 0.717) is 11.8 Å². The Hall–Kier alpha value is 0.140. The van der Waals surface area contributed by atoms with Gasteiger partial charge in [0.15, 0.2) is 0 Å². The summed E-state index contributed by atoms with van der Waals surface area (Å²) >= 11 is 7.11. The van der Waals surface area contributed by atoms with Crippen LogP contribution in [0.3, 0.4) is 0 Å². The third kappa shape index (κ3) is 3.17. The Kier molecular flexibility index (Phi) is 5.88. The largest absolute Gasteiger partial charge is 0.321 e. The van der Waals surface area contributed by atoms with Crippen molar-refractivity contribution in [3.8, 4) is 0 Å². The van der Waals surface area contributed by atoms with Crippen molar-refractivity contribution >= 4 is 31.9 Å². The Balaban J connectivity index is 3.26. The van der Waals surface area contributed by atoms with Gasteiger partial charge in [0, 0.05) is 15.3 Å². The molecule has 1 aromatic carbocycles. The number of aryl methyl sites for hydroxylation is 1. The molecule has 0 spiro atoms. The smallest absolute Gasteiger partial charge is 0.0456 e. The minimum absolute atomic E-state index is 0.262. The zero-order valence-electron chi connectivity index (χ0n) is 11.6. The number of benzene rings is 1. The molecule has 1 rings (SSSR count). The maximum atomic E-state index is 6.69.